The summed E-state index contributed by atoms with van der Waals surface area (Å²) < 4.78 is 0. The summed E-state index contributed by atoms with van der Waals surface area (Å²) in [5.74, 6) is -1.27. The summed E-state index contributed by atoms with van der Waals surface area (Å²) in [6, 6.07) is 13.7. The molecular weight excluding hydrogens is 290 g/mol. The zero-order chi connectivity index (χ0) is 15.2. The Bertz CT molecular complexity index is 670. The summed E-state index contributed by atoms with van der Waals surface area (Å²) in [4.78, 5) is 23.0. The molecule has 2 aromatic carbocycles. The Kier molecular flexibility index (Phi) is 4.95. The van der Waals surface area contributed by atoms with E-state index in [-0.39, 0.29) is 17.9 Å². The standard InChI is InChI=1S/C16H14ClNO3/c17-13-6-3-4-11(8-13)10-18-15(19)9-12-5-1-2-7-14(12)16(20)21/h1-8H,9-10H2,(H,18,19)(H,20,21). The van der Waals surface area contributed by atoms with Gasteiger partial charge in [0.25, 0.3) is 0 Å². The van der Waals surface area contributed by atoms with Crippen LogP contribution in [-0.4, -0.2) is 17.0 Å². The first-order valence-electron chi connectivity index (χ1n) is 6.38. The monoisotopic (exact) mass is 303 g/mol. The predicted molar refractivity (Wildman–Crippen MR) is 80.4 cm³/mol. The van der Waals surface area contributed by atoms with Gasteiger partial charge in [-0.2, -0.15) is 0 Å². The quantitative estimate of drug-likeness (QED) is 0.892. The van der Waals surface area contributed by atoms with E-state index in [1.807, 2.05) is 12.1 Å². The van der Waals surface area contributed by atoms with E-state index in [2.05, 4.69) is 5.32 Å². The molecule has 0 heterocycles. The predicted octanol–water partition coefficient (Wildman–Crippen LogP) is 2.90. The van der Waals surface area contributed by atoms with Gasteiger partial charge >= 0.3 is 5.97 Å². The number of carboxylic acid groups (broad SMARTS) is 1. The van der Waals surface area contributed by atoms with Crippen molar-refractivity contribution in [1.29, 1.82) is 0 Å². The fraction of sp³-hybridized carbons (Fsp3) is 0.125. The van der Waals surface area contributed by atoms with Crippen molar-refractivity contribution in [2.24, 2.45) is 0 Å². The third-order valence-corrected chi connectivity index (χ3v) is 3.21. The van der Waals surface area contributed by atoms with E-state index in [1.54, 1.807) is 30.3 Å². The lowest BCUT2D eigenvalue weighted by Gasteiger charge is -2.08. The number of rotatable bonds is 5. The smallest absolute Gasteiger partial charge is 0.335 e. The zero-order valence-electron chi connectivity index (χ0n) is 11.2. The number of hydrogen-bond acceptors (Lipinski definition) is 2. The molecule has 0 radical (unpaired) electrons. The van der Waals surface area contributed by atoms with Crippen molar-refractivity contribution < 1.29 is 14.7 Å². The maximum atomic E-state index is 11.9. The van der Waals surface area contributed by atoms with E-state index in [0.29, 0.717) is 17.1 Å². The van der Waals surface area contributed by atoms with Crippen LogP contribution in [0.15, 0.2) is 48.5 Å². The van der Waals surface area contributed by atoms with E-state index in [4.69, 9.17) is 16.7 Å². The van der Waals surface area contributed by atoms with Gasteiger partial charge in [-0.1, -0.05) is 41.9 Å². The summed E-state index contributed by atoms with van der Waals surface area (Å²) in [5, 5.41) is 12.4. The van der Waals surface area contributed by atoms with Crippen LogP contribution >= 0.6 is 11.6 Å². The highest BCUT2D eigenvalue weighted by Crippen LogP contribution is 2.11. The highest BCUT2D eigenvalue weighted by Gasteiger charge is 2.12. The zero-order valence-corrected chi connectivity index (χ0v) is 11.9. The fourth-order valence-corrected chi connectivity index (χ4v) is 2.18. The number of hydrogen-bond donors (Lipinski definition) is 2. The van der Waals surface area contributed by atoms with Gasteiger partial charge in [0.15, 0.2) is 0 Å². The van der Waals surface area contributed by atoms with Crippen LogP contribution in [0, 0.1) is 0 Å². The molecule has 2 N–H and O–H groups in total. The molecule has 2 rings (SSSR count). The average Bonchev–Trinajstić information content (AvgIpc) is 2.45. The largest absolute Gasteiger partial charge is 0.478 e. The van der Waals surface area contributed by atoms with Crippen LogP contribution in [0.5, 0.6) is 0 Å². The highest BCUT2D eigenvalue weighted by molar-refractivity contribution is 6.30. The average molecular weight is 304 g/mol. The van der Waals surface area contributed by atoms with Crippen molar-refractivity contribution in [3.63, 3.8) is 0 Å². The molecule has 0 aliphatic heterocycles. The first-order chi connectivity index (χ1) is 10.1. The lowest BCUT2D eigenvalue weighted by atomic mass is 10.0. The first-order valence-corrected chi connectivity index (χ1v) is 6.76. The van der Waals surface area contributed by atoms with Gasteiger partial charge in [0, 0.05) is 11.6 Å². The number of halogens is 1. The molecule has 0 bridgehead atoms. The Hall–Kier alpha value is -2.33. The SMILES string of the molecule is O=C(Cc1ccccc1C(=O)O)NCc1cccc(Cl)c1. The summed E-state index contributed by atoms with van der Waals surface area (Å²) in [6.45, 7) is 0.356. The van der Waals surface area contributed by atoms with E-state index in [0.717, 1.165) is 5.56 Å². The van der Waals surface area contributed by atoms with Gasteiger partial charge < -0.3 is 10.4 Å². The molecule has 0 aliphatic carbocycles. The van der Waals surface area contributed by atoms with Crippen molar-refractivity contribution in [2.75, 3.05) is 0 Å². The van der Waals surface area contributed by atoms with E-state index < -0.39 is 5.97 Å². The van der Waals surface area contributed by atoms with Crippen LogP contribution in [0.25, 0.3) is 0 Å². The third-order valence-electron chi connectivity index (χ3n) is 2.98. The molecule has 0 saturated heterocycles. The number of carbonyl (C=O) groups is 2. The summed E-state index contributed by atoms with van der Waals surface area (Å²) >= 11 is 5.87. The van der Waals surface area contributed by atoms with Gasteiger partial charge in [-0.3, -0.25) is 4.79 Å². The minimum absolute atomic E-state index is 0.0308. The molecule has 0 unspecified atom stereocenters. The maximum absolute atomic E-state index is 11.9. The van der Waals surface area contributed by atoms with Gasteiger partial charge in [0.1, 0.15) is 0 Å². The van der Waals surface area contributed by atoms with Crippen LogP contribution in [0.3, 0.4) is 0 Å². The second-order valence-corrected chi connectivity index (χ2v) is 4.98. The summed E-state index contributed by atoms with van der Waals surface area (Å²) in [7, 11) is 0. The highest BCUT2D eigenvalue weighted by atomic mass is 35.5. The Morgan fingerprint density at radius 1 is 1.10 bits per heavy atom. The van der Waals surface area contributed by atoms with Crippen LogP contribution in [0.1, 0.15) is 21.5 Å². The second-order valence-electron chi connectivity index (χ2n) is 4.55. The minimum Gasteiger partial charge on any atom is -0.478 e. The molecule has 5 heteroatoms. The third kappa shape index (κ3) is 4.33. The number of amides is 1. The molecular formula is C16H14ClNO3. The number of carbonyl (C=O) groups excluding carboxylic acids is 1. The molecule has 4 nitrogen and oxygen atoms in total. The van der Waals surface area contributed by atoms with Crippen molar-refractivity contribution in [2.45, 2.75) is 13.0 Å². The van der Waals surface area contributed by atoms with Crippen molar-refractivity contribution in [3.8, 4) is 0 Å². The lowest BCUT2D eigenvalue weighted by Crippen LogP contribution is -2.25. The molecule has 0 spiro atoms. The molecule has 21 heavy (non-hydrogen) atoms. The molecule has 0 saturated carbocycles. The molecule has 0 atom stereocenters. The van der Waals surface area contributed by atoms with Crippen LogP contribution < -0.4 is 5.32 Å². The van der Waals surface area contributed by atoms with E-state index >= 15 is 0 Å². The van der Waals surface area contributed by atoms with Gasteiger partial charge in [0.2, 0.25) is 5.91 Å². The van der Waals surface area contributed by atoms with Gasteiger partial charge in [-0.25, -0.2) is 4.79 Å². The Balaban J connectivity index is 1.98. The Labute approximate surface area is 127 Å². The first kappa shape index (κ1) is 15.1. The maximum Gasteiger partial charge on any atom is 0.335 e. The Morgan fingerprint density at radius 3 is 2.57 bits per heavy atom. The van der Waals surface area contributed by atoms with Crippen molar-refractivity contribution in [1.82, 2.24) is 5.32 Å². The molecule has 0 aliphatic rings. The Morgan fingerprint density at radius 2 is 1.86 bits per heavy atom. The molecule has 2 aromatic rings. The molecule has 0 aromatic heterocycles. The lowest BCUT2D eigenvalue weighted by molar-refractivity contribution is -0.120. The summed E-state index contributed by atoms with van der Waals surface area (Å²) in [6.07, 6.45) is 0.0308. The summed E-state index contributed by atoms with van der Waals surface area (Å²) in [5.41, 5.74) is 1.53. The second kappa shape index (κ2) is 6.90. The van der Waals surface area contributed by atoms with Gasteiger partial charge in [-0.15, -0.1) is 0 Å². The molecule has 108 valence electrons. The minimum atomic E-state index is -1.03. The molecule has 1 amide bonds. The molecule has 0 fully saturated rings. The van der Waals surface area contributed by atoms with Crippen molar-refractivity contribution >= 4 is 23.5 Å². The van der Waals surface area contributed by atoms with Gasteiger partial charge in [-0.05, 0) is 29.3 Å². The van der Waals surface area contributed by atoms with Crippen LogP contribution in [-0.2, 0) is 17.8 Å². The van der Waals surface area contributed by atoms with Crippen LogP contribution in [0.4, 0.5) is 0 Å². The fourth-order valence-electron chi connectivity index (χ4n) is 1.97. The number of carboxylic acids is 1. The number of aromatic carboxylic acids is 1. The van der Waals surface area contributed by atoms with Gasteiger partial charge in [0.05, 0.1) is 12.0 Å². The van der Waals surface area contributed by atoms with Crippen molar-refractivity contribution in [3.05, 3.63) is 70.2 Å². The van der Waals surface area contributed by atoms with E-state index in [1.165, 1.54) is 6.07 Å². The normalized spacial score (nSPS) is 10.1. The number of nitrogens with one attached hydrogen (secondary N) is 1. The number of benzene rings is 2. The topological polar surface area (TPSA) is 66.4 Å². The van der Waals surface area contributed by atoms with Crippen LogP contribution in [0.2, 0.25) is 5.02 Å². The van der Waals surface area contributed by atoms with E-state index in [9.17, 15) is 9.59 Å².